The van der Waals surface area contributed by atoms with E-state index in [4.69, 9.17) is 10.8 Å². The summed E-state index contributed by atoms with van der Waals surface area (Å²) in [7, 11) is 0. The Morgan fingerprint density at radius 2 is 2.29 bits per heavy atom. The molecule has 0 atom stereocenters. The van der Waals surface area contributed by atoms with Gasteiger partial charge in [-0.25, -0.2) is 4.79 Å². The fourth-order valence-corrected chi connectivity index (χ4v) is 2.33. The zero-order chi connectivity index (χ0) is 10.1. The van der Waals surface area contributed by atoms with Crippen molar-refractivity contribution in [1.82, 2.24) is 0 Å². The van der Waals surface area contributed by atoms with Crippen LogP contribution in [0.25, 0.3) is 10.1 Å². The second-order valence-corrected chi connectivity index (χ2v) is 3.89. The molecule has 0 radical (unpaired) electrons. The molecule has 0 spiro atoms. The largest absolute Gasteiger partial charge is 0.478 e. The van der Waals surface area contributed by atoms with Crippen molar-refractivity contribution in [1.29, 1.82) is 0 Å². The highest BCUT2D eigenvalue weighted by atomic mass is 32.1. The molecule has 0 amide bonds. The summed E-state index contributed by atoms with van der Waals surface area (Å²) >= 11 is 1.59. The van der Waals surface area contributed by atoms with Gasteiger partial charge in [-0.15, -0.1) is 11.3 Å². The Hall–Kier alpha value is -1.39. The maximum absolute atomic E-state index is 10.7. The Balaban J connectivity index is 2.67. The van der Waals surface area contributed by atoms with Crippen molar-refractivity contribution >= 4 is 27.4 Å². The first-order valence-electron chi connectivity index (χ1n) is 4.16. The zero-order valence-electron chi connectivity index (χ0n) is 7.36. The van der Waals surface area contributed by atoms with E-state index in [-0.39, 0.29) is 0 Å². The summed E-state index contributed by atoms with van der Waals surface area (Å²) in [6.07, 6.45) is 0. The molecular weight excluding hydrogens is 198 g/mol. The van der Waals surface area contributed by atoms with Crippen LogP contribution in [0.3, 0.4) is 0 Å². The van der Waals surface area contributed by atoms with Crippen molar-refractivity contribution in [3.63, 3.8) is 0 Å². The first-order chi connectivity index (χ1) is 6.72. The number of carboxylic acids is 1. The van der Waals surface area contributed by atoms with E-state index in [1.807, 2.05) is 11.4 Å². The Morgan fingerprint density at radius 3 is 2.93 bits per heavy atom. The Kier molecular flexibility index (Phi) is 2.23. The van der Waals surface area contributed by atoms with Gasteiger partial charge in [0.05, 0.1) is 5.56 Å². The van der Waals surface area contributed by atoms with E-state index in [0.29, 0.717) is 12.1 Å². The number of aromatic carboxylic acids is 1. The summed E-state index contributed by atoms with van der Waals surface area (Å²) < 4.78 is 1.08. The predicted molar refractivity (Wildman–Crippen MR) is 56.7 cm³/mol. The number of thiophene rings is 1. The van der Waals surface area contributed by atoms with Gasteiger partial charge in [0.2, 0.25) is 0 Å². The van der Waals surface area contributed by atoms with Gasteiger partial charge in [0.25, 0.3) is 0 Å². The fraction of sp³-hybridized carbons (Fsp3) is 0.100. The predicted octanol–water partition coefficient (Wildman–Crippen LogP) is 2.06. The van der Waals surface area contributed by atoms with Gasteiger partial charge in [-0.1, -0.05) is 0 Å². The summed E-state index contributed by atoms with van der Waals surface area (Å²) in [5.74, 6) is -0.902. The number of carboxylic acid groups (broad SMARTS) is 1. The quantitative estimate of drug-likeness (QED) is 0.792. The van der Waals surface area contributed by atoms with Gasteiger partial charge in [-0.3, -0.25) is 0 Å². The Bertz CT molecular complexity index is 490. The molecule has 0 fully saturated rings. The van der Waals surface area contributed by atoms with Gasteiger partial charge in [-0.2, -0.15) is 0 Å². The fourth-order valence-electron chi connectivity index (χ4n) is 1.37. The highest BCUT2D eigenvalue weighted by molar-refractivity contribution is 7.17. The molecule has 72 valence electrons. The molecule has 0 saturated carbocycles. The van der Waals surface area contributed by atoms with Crippen LogP contribution in [0.2, 0.25) is 0 Å². The zero-order valence-corrected chi connectivity index (χ0v) is 8.17. The average molecular weight is 207 g/mol. The Labute approximate surface area is 84.8 Å². The second kappa shape index (κ2) is 3.40. The van der Waals surface area contributed by atoms with Crippen LogP contribution in [0.1, 0.15) is 15.9 Å². The third kappa shape index (κ3) is 1.38. The van der Waals surface area contributed by atoms with Crippen LogP contribution in [0.15, 0.2) is 23.6 Å². The van der Waals surface area contributed by atoms with E-state index < -0.39 is 5.97 Å². The molecule has 0 saturated heterocycles. The summed E-state index contributed by atoms with van der Waals surface area (Å²) in [4.78, 5) is 10.7. The highest BCUT2D eigenvalue weighted by Crippen LogP contribution is 2.26. The lowest BCUT2D eigenvalue weighted by atomic mass is 10.1. The molecule has 2 rings (SSSR count). The number of hydrogen-bond acceptors (Lipinski definition) is 3. The van der Waals surface area contributed by atoms with Crippen molar-refractivity contribution in [2.45, 2.75) is 6.54 Å². The van der Waals surface area contributed by atoms with Crippen LogP contribution < -0.4 is 5.73 Å². The number of fused-ring (bicyclic) bond motifs is 1. The van der Waals surface area contributed by atoms with E-state index in [2.05, 4.69) is 0 Å². The molecule has 0 aliphatic carbocycles. The first-order valence-corrected chi connectivity index (χ1v) is 5.04. The number of benzene rings is 1. The molecule has 1 aromatic carbocycles. The van der Waals surface area contributed by atoms with Crippen LogP contribution in [-0.2, 0) is 6.54 Å². The minimum absolute atomic E-state index is 0.311. The summed E-state index contributed by atoms with van der Waals surface area (Å²) in [5, 5.41) is 11.7. The van der Waals surface area contributed by atoms with Crippen molar-refractivity contribution in [3.8, 4) is 0 Å². The molecule has 14 heavy (non-hydrogen) atoms. The third-order valence-corrected chi connectivity index (χ3v) is 3.13. The SMILES string of the molecule is NCc1csc2ccc(C(=O)O)cc12. The molecule has 1 aromatic heterocycles. The van der Waals surface area contributed by atoms with E-state index in [1.165, 1.54) is 0 Å². The number of nitrogens with two attached hydrogens (primary N) is 1. The minimum atomic E-state index is -0.902. The lowest BCUT2D eigenvalue weighted by Crippen LogP contribution is -1.97. The number of rotatable bonds is 2. The minimum Gasteiger partial charge on any atom is -0.478 e. The molecular formula is C10H9NO2S. The van der Waals surface area contributed by atoms with Crippen LogP contribution in [0.4, 0.5) is 0 Å². The molecule has 0 bridgehead atoms. The van der Waals surface area contributed by atoms with Gasteiger partial charge < -0.3 is 10.8 Å². The molecule has 3 nitrogen and oxygen atoms in total. The third-order valence-electron chi connectivity index (χ3n) is 2.12. The van der Waals surface area contributed by atoms with Gasteiger partial charge >= 0.3 is 5.97 Å². The molecule has 4 heteroatoms. The molecule has 0 aliphatic rings. The Morgan fingerprint density at radius 1 is 1.50 bits per heavy atom. The smallest absolute Gasteiger partial charge is 0.335 e. The first kappa shape index (κ1) is 9.18. The lowest BCUT2D eigenvalue weighted by molar-refractivity contribution is 0.0697. The lowest BCUT2D eigenvalue weighted by Gasteiger charge is -1.96. The van der Waals surface area contributed by atoms with Gasteiger partial charge in [0.1, 0.15) is 0 Å². The maximum Gasteiger partial charge on any atom is 0.335 e. The van der Waals surface area contributed by atoms with Crippen molar-refractivity contribution in [2.24, 2.45) is 5.73 Å². The van der Waals surface area contributed by atoms with Crippen LogP contribution in [0.5, 0.6) is 0 Å². The molecule has 3 N–H and O–H groups in total. The maximum atomic E-state index is 10.7. The standard InChI is InChI=1S/C10H9NO2S/c11-4-7-5-14-9-2-1-6(10(12)13)3-8(7)9/h1-3,5H,4,11H2,(H,12,13). The normalized spacial score (nSPS) is 10.6. The average Bonchev–Trinajstić information content (AvgIpc) is 2.59. The van der Waals surface area contributed by atoms with E-state index in [9.17, 15) is 4.79 Å². The van der Waals surface area contributed by atoms with Gasteiger partial charge in [0.15, 0.2) is 0 Å². The van der Waals surface area contributed by atoms with Crippen LogP contribution in [-0.4, -0.2) is 11.1 Å². The van der Waals surface area contributed by atoms with E-state index in [0.717, 1.165) is 15.6 Å². The van der Waals surface area contributed by atoms with Crippen molar-refractivity contribution in [2.75, 3.05) is 0 Å². The highest BCUT2D eigenvalue weighted by Gasteiger charge is 2.07. The monoisotopic (exact) mass is 207 g/mol. The van der Waals surface area contributed by atoms with Crippen molar-refractivity contribution < 1.29 is 9.90 Å². The van der Waals surface area contributed by atoms with Gasteiger partial charge in [0, 0.05) is 11.2 Å². The van der Waals surface area contributed by atoms with Crippen molar-refractivity contribution in [3.05, 3.63) is 34.7 Å². The molecule has 0 aliphatic heterocycles. The van der Waals surface area contributed by atoms with Gasteiger partial charge in [-0.05, 0) is 34.5 Å². The summed E-state index contributed by atoms with van der Waals surface area (Å²) in [6.45, 7) is 0.447. The van der Waals surface area contributed by atoms with E-state index >= 15 is 0 Å². The molecule has 1 heterocycles. The molecule has 2 aromatic rings. The summed E-state index contributed by atoms with van der Waals surface area (Å²) in [6, 6.07) is 5.11. The number of carbonyl (C=O) groups is 1. The second-order valence-electron chi connectivity index (χ2n) is 2.98. The topological polar surface area (TPSA) is 63.3 Å². The number of hydrogen-bond donors (Lipinski definition) is 2. The molecule has 0 unspecified atom stereocenters. The van der Waals surface area contributed by atoms with Crippen LogP contribution in [0, 0.1) is 0 Å². The van der Waals surface area contributed by atoms with Crippen LogP contribution >= 0.6 is 11.3 Å². The summed E-state index contributed by atoms with van der Waals surface area (Å²) in [5.41, 5.74) is 6.86. The van der Waals surface area contributed by atoms with E-state index in [1.54, 1.807) is 23.5 Å².